The number of fused-ring (bicyclic) bond motifs is 1. The molecule has 2 heterocycles. The Labute approximate surface area is 94.5 Å². The van der Waals surface area contributed by atoms with Gasteiger partial charge in [0.1, 0.15) is 11.6 Å². The maximum absolute atomic E-state index is 9.07. The van der Waals surface area contributed by atoms with E-state index in [1.807, 2.05) is 19.9 Å². The Bertz CT molecular complexity index is 575. The monoisotopic (exact) mass is 214 g/mol. The van der Waals surface area contributed by atoms with Gasteiger partial charge in [0, 0.05) is 11.4 Å². The quantitative estimate of drug-likeness (QED) is 0.769. The Balaban J connectivity index is 2.79. The van der Waals surface area contributed by atoms with Crippen molar-refractivity contribution in [3.63, 3.8) is 0 Å². The van der Waals surface area contributed by atoms with E-state index in [4.69, 9.17) is 5.26 Å². The third kappa shape index (κ3) is 1.54. The van der Waals surface area contributed by atoms with E-state index in [0.717, 1.165) is 29.9 Å². The van der Waals surface area contributed by atoms with Gasteiger partial charge in [-0.15, -0.1) is 0 Å². The van der Waals surface area contributed by atoms with Crippen molar-refractivity contribution in [1.29, 1.82) is 5.26 Å². The lowest BCUT2D eigenvalue weighted by Crippen LogP contribution is -2.01. The molecule has 2 rings (SSSR count). The van der Waals surface area contributed by atoms with Crippen LogP contribution in [0.15, 0.2) is 6.07 Å². The summed E-state index contributed by atoms with van der Waals surface area (Å²) in [4.78, 5) is 4.39. The molecule has 0 aliphatic rings. The van der Waals surface area contributed by atoms with Gasteiger partial charge in [-0.2, -0.15) is 10.4 Å². The van der Waals surface area contributed by atoms with Gasteiger partial charge < -0.3 is 0 Å². The molecule has 0 aromatic carbocycles. The highest BCUT2D eigenvalue weighted by Crippen LogP contribution is 2.16. The van der Waals surface area contributed by atoms with Crippen LogP contribution >= 0.6 is 0 Å². The van der Waals surface area contributed by atoms with Crippen molar-refractivity contribution in [1.82, 2.24) is 14.6 Å². The first kappa shape index (κ1) is 10.6. The average Bonchev–Trinajstić information content (AvgIpc) is 2.54. The highest BCUT2D eigenvalue weighted by Gasteiger charge is 2.13. The molecule has 0 aliphatic heterocycles. The fourth-order valence-electron chi connectivity index (χ4n) is 1.89. The van der Waals surface area contributed by atoms with Crippen molar-refractivity contribution < 1.29 is 0 Å². The van der Waals surface area contributed by atoms with E-state index in [2.05, 4.69) is 23.1 Å². The van der Waals surface area contributed by atoms with Crippen molar-refractivity contribution >= 4 is 5.65 Å². The van der Waals surface area contributed by atoms with Gasteiger partial charge in [0.2, 0.25) is 0 Å². The number of aromatic nitrogens is 3. The van der Waals surface area contributed by atoms with Crippen molar-refractivity contribution in [3.05, 3.63) is 28.7 Å². The van der Waals surface area contributed by atoms with E-state index in [9.17, 15) is 0 Å². The molecule has 0 saturated carbocycles. The fourth-order valence-corrected chi connectivity index (χ4v) is 1.89. The third-order valence-corrected chi connectivity index (χ3v) is 2.58. The van der Waals surface area contributed by atoms with Gasteiger partial charge in [0.05, 0.1) is 5.69 Å². The molecule has 0 radical (unpaired) electrons. The lowest BCUT2D eigenvalue weighted by Gasteiger charge is -2.04. The van der Waals surface area contributed by atoms with E-state index >= 15 is 0 Å². The average molecular weight is 214 g/mol. The van der Waals surface area contributed by atoms with Gasteiger partial charge in [-0.3, -0.25) is 0 Å². The van der Waals surface area contributed by atoms with Crippen LogP contribution in [0.1, 0.15) is 36.0 Å². The van der Waals surface area contributed by atoms with E-state index < -0.39 is 0 Å². The summed E-state index contributed by atoms with van der Waals surface area (Å²) in [6, 6.07) is 4.20. The summed E-state index contributed by atoms with van der Waals surface area (Å²) in [5.41, 5.74) is 4.07. The molecule has 4 heteroatoms. The number of nitrogens with zero attached hydrogens (tertiary/aromatic N) is 4. The van der Waals surface area contributed by atoms with Crippen LogP contribution in [0.4, 0.5) is 0 Å². The maximum atomic E-state index is 9.07. The second-order valence-corrected chi connectivity index (χ2v) is 3.95. The molecule has 0 N–H and O–H groups in total. The predicted molar refractivity (Wildman–Crippen MR) is 61.2 cm³/mol. The van der Waals surface area contributed by atoms with Crippen LogP contribution in [0.2, 0.25) is 0 Å². The molecular weight excluding hydrogens is 200 g/mol. The third-order valence-electron chi connectivity index (χ3n) is 2.58. The number of aryl methyl sites for hydroxylation is 3. The molecule has 4 nitrogen and oxygen atoms in total. The van der Waals surface area contributed by atoms with Gasteiger partial charge in [0.25, 0.3) is 0 Å². The van der Waals surface area contributed by atoms with Crippen molar-refractivity contribution in [2.75, 3.05) is 0 Å². The van der Waals surface area contributed by atoms with Gasteiger partial charge in [-0.1, -0.05) is 13.3 Å². The van der Waals surface area contributed by atoms with Gasteiger partial charge in [-0.25, -0.2) is 9.50 Å². The number of rotatable bonds is 2. The topological polar surface area (TPSA) is 54.0 Å². The van der Waals surface area contributed by atoms with Gasteiger partial charge in [-0.05, 0) is 26.3 Å². The van der Waals surface area contributed by atoms with E-state index in [0.29, 0.717) is 11.2 Å². The molecule has 0 fully saturated rings. The first-order valence-electron chi connectivity index (χ1n) is 5.43. The summed E-state index contributed by atoms with van der Waals surface area (Å²) in [5.74, 6) is 0. The highest BCUT2D eigenvalue weighted by molar-refractivity contribution is 5.58. The molecular formula is C12H14N4. The summed E-state index contributed by atoms with van der Waals surface area (Å²) in [6.45, 7) is 5.92. The van der Waals surface area contributed by atoms with Crippen LogP contribution in [0.25, 0.3) is 5.65 Å². The van der Waals surface area contributed by atoms with Crippen molar-refractivity contribution in [2.45, 2.75) is 33.6 Å². The zero-order valence-corrected chi connectivity index (χ0v) is 9.78. The Morgan fingerprint density at radius 2 is 2.19 bits per heavy atom. The second kappa shape index (κ2) is 3.93. The Morgan fingerprint density at radius 1 is 1.44 bits per heavy atom. The van der Waals surface area contributed by atoms with Crippen LogP contribution in [-0.4, -0.2) is 14.6 Å². The maximum Gasteiger partial charge on any atom is 0.173 e. The number of hydrogen-bond acceptors (Lipinski definition) is 3. The fraction of sp³-hybridized carbons (Fsp3) is 0.417. The largest absolute Gasteiger partial charge is 0.233 e. The van der Waals surface area contributed by atoms with Crippen molar-refractivity contribution in [3.8, 4) is 6.07 Å². The minimum absolute atomic E-state index is 0.584. The number of hydrogen-bond donors (Lipinski definition) is 0. The molecule has 2 aromatic rings. The van der Waals surface area contributed by atoms with Crippen LogP contribution < -0.4 is 0 Å². The van der Waals surface area contributed by atoms with Gasteiger partial charge >= 0.3 is 0 Å². The Morgan fingerprint density at radius 3 is 2.81 bits per heavy atom. The molecule has 2 aromatic heterocycles. The molecule has 82 valence electrons. The Kier molecular flexibility index (Phi) is 2.61. The normalized spacial score (nSPS) is 10.6. The smallest absolute Gasteiger partial charge is 0.173 e. The lowest BCUT2D eigenvalue weighted by atomic mass is 10.2. The zero-order chi connectivity index (χ0) is 11.7. The van der Waals surface area contributed by atoms with Crippen LogP contribution in [0, 0.1) is 25.2 Å². The minimum atomic E-state index is 0.584. The SMILES string of the molecule is CCCc1cc(C)nc2c(C#N)c(C)nn12. The summed E-state index contributed by atoms with van der Waals surface area (Å²) in [7, 11) is 0. The highest BCUT2D eigenvalue weighted by atomic mass is 15.3. The van der Waals surface area contributed by atoms with E-state index in [1.54, 1.807) is 4.52 Å². The summed E-state index contributed by atoms with van der Waals surface area (Å²) in [6.07, 6.45) is 2.01. The first-order chi connectivity index (χ1) is 7.67. The zero-order valence-electron chi connectivity index (χ0n) is 9.78. The summed E-state index contributed by atoms with van der Waals surface area (Å²) < 4.78 is 1.80. The molecule has 0 bridgehead atoms. The minimum Gasteiger partial charge on any atom is -0.233 e. The molecule has 0 amide bonds. The Hall–Kier alpha value is -1.89. The molecule has 0 saturated heterocycles. The van der Waals surface area contributed by atoms with E-state index in [-0.39, 0.29) is 0 Å². The molecule has 0 atom stereocenters. The van der Waals surface area contributed by atoms with Crippen LogP contribution in [0.3, 0.4) is 0 Å². The predicted octanol–water partition coefficient (Wildman–Crippen LogP) is 2.17. The molecule has 16 heavy (non-hydrogen) atoms. The first-order valence-corrected chi connectivity index (χ1v) is 5.43. The second-order valence-electron chi connectivity index (χ2n) is 3.95. The summed E-state index contributed by atoms with van der Waals surface area (Å²) >= 11 is 0. The summed E-state index contributed by atoms with van der Waals surface area (Å²) in [5, 5.41) is 13.4. The van der Waals surface area contributed by atoms with Gasteiger partial charge in [0.15, 0.2) is 5.65 Å². The standard InChI is InChI=1S/C12H14N4/c1-4-5-10-6-8(2)14-12-11(7-13)9(3)15-16(10)12/h6H,4-5H2,1-3H3. The van der Waals surface area contributed by atoms with Crippen molar-refractivity contribution in [2.24, 2.45) is 0 Å². The molecule has 0 unspecified atom stereocenters. The van der Waals surface area contributed by atoms with Crippen LogP contribution in [-0.2, 0) is 6.42 Å². The lowest BCUT2D eigenvalue weighted by molar-refractivity contribution is 0.785. The van der Waals surface area contributed by atoms with Crippen LogP contribution in [0.5, 0.6) is 0 Å². The molecule has 0 aliphatic carbocycles. The van der Waals surface area contributed by atoms with E-state index in [1.165, 1.54) is 0 Å². The molecule has 0 spiro atoms. The number of nitriles is 1.